The molecule has 0 saturated carbocycles. The van der Waals surface area contributed by atoms with E-state index in [0.717, 1.165) is 12.0 Å². The number of nitrogens with one attached hydrogen (secondary N) is 1. The molecule has 0 aliphatic rings. The Morgan fingerprint density at radius 3 is 2.50 bits per heavy atom. The number of nitrogens with two attached hydrogens (primary N) is 1. The Morgan fingerprint density at radius 2 is 2.00 bits per heavy atom. The Hall–Kier alpha value is -1.13. The molecule has 0 aliphatic carbocycles. The largest absolute Gasteiger partial charge is 0.350 e. The number of benzene rings is 1. The van der Waals surface area contributed by atoms with Gasteiger partial charge in [0.15, 0.2) is 0 Å². The van der Waals surface area contributed by atoms with E-state index in [1.165, 1.54) is 12.1 Å². The molecule has 3 nitrogen and oxygen atoms in total. The van der Waals surface area contributed by atoms with Crippen LogP contribution in [0, 0.1) is 11.7 Å². The summed E-state index contributed by atoms with van der Waals surface area (Å²) in [5, 5.41) is 3.03. The van der Waals surface area contributed by atoms with Crippen LogP contribution >= 0.6 is 12.4 Å². The van der Waals surface area contributed by atoms with E-state index in [2.05, 4.69) is 19.2 Å². The van der Waals surface area contributed by atoms with Crippen molar-refractivity contribution in [1.29, 1.82) is 0 Å². The molecule has 2 unspecified atom stereocenters. The third-order valence-corrected chi connectivity index (χ3v) is 3.66. The molecule has 1 aromatic rings. The van der Waals surface area contributed by atoms with Crippen molar-refractivity contribution in [3.63, 3.8) is 0 Å². The highest BCUT2D eigenvalue weighted by atomic mass is 35.5. The van der Waals surface area contributed by atoms with Gasteiger partial charge < -0.3 is 11.1 Å². The fraction of sp³-hybridized carbons (Fsp3) is 0.588. The average Bonchev–Trinajstić information content (AvgIpc) is 2.37. The summed E-state index contributed by atoms with van der Waals surface area (Å²) in [6.45, 7) is 8.52. The molecule has 0 bridgehead atoms. The molecule has 3 N–H and O–H groups in total. The predicted octanol–water partition coefficient (Wildman–Crippen LogP) is 3.62. The van der Waals surface area contributed by atoms with Gasteiger partial charge in [-0.25, -0.2) is 4.39 Å². The normalized spacial score (nSPS) is 14.9. The molecule has 0 fully saturated rings. The van der Waals surface area contributed by atoms with Crippen LogP contribution < -0.4 is 11.1 Å². The number of amides is 1. The molecule has 126 valence electrons. The van der Waals surface area contributed by atoms with Crippen LogP contribution in [0.25, 0.3) is 0 Å². The van der Waals surface area contributed by atoms with E-state index in [1.54, 1.807) is 6.07 Å². The van der Waals surface area contributed by atoms with Crippen LogP contribution in [-0.4, -0.2) is 18.0 Å². The molecule has 1 amide bonds. The van der Waals surface area contributed by atoms with Gasteiger partial charge in [0.1, 0.15) is 5.82 Å². The first-order valence-electron chi connectivity index (χ1n) is 7.52. The zero-order valence-corrected chi connectivity index (χ0v) is 14.7. The summed E-state index contributed by atoms with van der Waals surface area (Å²) in [5.74, 6) is 0.119. The fourth-order valence-electron chi connectivity index (χ4n) is 2.68. The van der Waals surface area contributed by atoms with E-state index in [-0.39, 0.29) is 35.6 Å². The maximum absolute atomic E-state index is 13.2. The van der Waals surface area contributed by atoms with Gasteiger partial charge in [-0.15, -0.1) is 12.4 Å². The Bertz CT molecular complexity index is 481. The summed E-state index contributed by atoms with van der Waals surface area (Å²) in [6.07, 6.45) is 1.17. The fourth-order valence-corrected chi connectivity index (χ4v) is 2.68. The topological polar surface area (TPSA) is 55.1 Å². The maximum Gasteiger partial charge on any atom is 0.221 e. The van der Waals surface area contributed by atoms with Gasteiger partial charge in [-0.1, -0.05) is 32.9 Å². The van der Waals surface area contributed by atoms with Crippen LogP contribution in [0.4, 0.5) is 4.39 Å². The van der Waals surface area contributed by atoms with Gasteiger partial charge in [-0.3, -0.25) is 4.79 Å². The lowest BCUT2D eigenvalue weighted by molar-refractivity contribution is -0.123. The summed E-state index contributed by atoms with van der Waals surface area (Å²) >= 11 is 0. The van der Waals surface area contributed by atoms with Crippen LogP contribution in [0.3, 0.4) is 0 Å². The van der Waals surface area contributed by atoms with Gasteiger partial charge in [0.05, 0.1) is 0 Å². The van der Waals surface area contributed by atoms with E-state index in [4.69, 9.17) is 5.73 Å². The number of halogens is 2. The minimum absolute atomic E-state index is 0. The summed E-state index contributed by atoms with van der Waals surface area (Å²) in [5.41, 5.74) is 6.26. The lowest BCUT2D eigenvalue weighted by Crippen LogP contribution is -2.52. The van der Waals surface area contributed by atoms with E-state index in [1.807, 2.05) is 19.9 Å². The Morgan fingerprint density at radius 1 is 1.36 bits per heavy atom. The smallest absolute Gasteiger partial charge is 0.221 e. The van der Waals surface area contributed by atoms with Gasteiger partial charge in [-0.05, 0) is 42.9 Å². The van der Waals surface area contributed by atoms with Crippen LogP contribution in [0.2, 0.25) is 0 Å². The molecule has 2 atom stereocenters. The minimum atomic E-state index is -0.382. The molecule has 0 radical (unpaired) electrons. The van der Waals surface area contributed by atoms with Crippen LogP contribution in [0.5, 0.6) is 0 Å². The van der Waals surface area contributed by atoms with Crippen molar-refractivity contribution in [2.75, 3.05) is 6.54 Å². The lowest BCUT2D eigenvalue weighted by Gasteiger charge is -2.31. The van der Waals surface area contributed by atoms with Crippen LogP contribution in [-0.2, 0) is 4.79 Å². The van der Waals surface area contributed by atoms with Crippen molar-refractivity contribution >= 4 is 18.3 Å². The first-order valence-corrected chi connectivity index (χ1v) is 7.52. The molecule has 0 saturated heterocycles. The molecule has 0 heterocycles. The predicted molar refractivity (Wildman–Crippen MR) is 91.7 cm³/mol. The number of carbonyl (C=O) groups excluding carboxylic acids is 1. The van der Waals surface area contributed by atoms with Gasteiger partial charge in [0.2, 0.25) is 5.91 Å². The first kappa shape index (κ1) is 20.9. The van der Waals surface area contributed by atoms with E-state index < -0.39 is 0 Å². The molecule has 22 heavy (non-hydrogen) atoms. The molecule has 0 spiro atoms. The van der Waals surface area contributed by atoms with Crippen LogP contribution in [0.15, 0.2) is 24.3 Å². The second-order valence-corrected chi connectivity index (χ2v) is 6.57. The second-order valence-electron chi connectivity index (χ2n) is 6.57. The van der Waals surface area contributed by atoms with Gasteiger partial charge in [0.25, 0.3) is 0 Å². The molecule has 0 aromatic heterocycles. The zero-order valence-electron chi connectivity index (χ0n) is 13.9. The maximum atomic E-state index is 13.2. The average molecular weight is 331 g/mol. The van der Waals surface area contributed by atoms with E-state index in [0.29, 0.717) is 18.9 Å². The highest BCUT2D eigenvalue weighted by Gasteiger charge is 2.26. The minimum Gasteiger partial charge on any atom is -0.350 e. The summed E-state index contributed by atoms with van der Waals surface area (Å²) in [7, 11) is 0. The van der Waals surface area contributed by atoms with Gasteiger partial charge in [-0.2, -0.15) is 0 Å². The van der Waals surface area contributed by atoms with E-state index >= 15 is 0 Å². The molecule has 5 heteroatoms. The number of carbonyl (C=O) groups is 1. The van der Waals surface area contributed by atoms with Crippen molar-refractivity contribution in [2.45, 2.75) is 52.0 Å². The Labute approximate surface area is 139 Å². The van der Waals surface area contributed by atoms with Crippen molar-refractivity contribution < 1.29 is 9.18 Å². The summed E-state index contributed by atoms with van der Waals surface area (Å²) in [6, 6.07) is 6.40. The van der Waals surface area contributed by atoms with Crippen molar-refractivity contribution in [2.24, 2.45) is 11.7 Å². The number of hydrogen-bond donors (Lipinski definition) is 2. The van der Waals surface area contributed by atoms with E-state index in [9.17, 15) is 9.18 Å². The van der Waals surface area contributed by atoms with Crippen molar-refractivity contribution in [3.8, 4) is 0 Å². The highest BCUT2D eigenvalue weighted by Crippen LogP contribution is 2.21. The quantitative estimate of drug-likeness (QED) is 0.802. The van der Waals surface area contributed by atoms with Crippen molar-refractivity contribution in [3.05, 3.63) is 35.6 Å². The van der Waals surface area contributed by atoms with Crippen molar-refractivity contribution in [1.82, 2.24) is 5.32 Å². The zero-order chi connectivity index (χ0) is 16.0. The standard InChI is InChI=1S/C17H27FN2O.ClH/c1-12(2)10-17(4,11-19)20-16(21)8-13(3)14-6-5-7-15(18)9-14;/h5-7,9,12-13H,8,10-11,19H2,1-4H3,(H,20,21);1H. The molecule has 0 aliphatic heterocycles. The SMILES string of the molecule is CC(C)CC(C)(CN)NC(=O)CC(C)c1cccc(F)c1.Cl. The Balaban J connectivity index is 0.00000441. The highest BCUT2D eigenvalue weighted by molar-refractivity contribution is 5.85. The Kier molecular flexibility index (Phi) is 8.64. The molecular formula is C17H28ClFN2O. The summed E-state index contributed by atoms with van der Waals surface area (Å²) in [4.78, 5) is 12.2. The lowest BCUT2D eigenvalue weighted by atomic mass is 9.90. The first-order chi connectivity index (χ1) is 9.75. The number of hydrogen-bond acceptors (Lipinski definition) is 2. The molecular weight excluding hydrogens is 303 g/mol. The number of rotatable bonds is 7. The third kappa shape index (κ3) is 6.75. The second kappa shape index (κ2) is 9.11. The van der Waals surface area contributed by atoms with Gasteiger partial charge >= 0.3 is 0 Å². The monoisotopic (exact) mass is 330 g/mol. The summed E-state index contributed by atoms with van der Waals surface area (Å²) < 4.78 is 13.2. The van der Waals surface area contributed by atoms with Crippen LogP contribution in [0.1, 0.15) is 52.0 Å². The van der Waals surface area contributed by atoms with Gasteiger partial charge in [0, 0.05) is 18.5 Å². The third-order valence-electron chi connectivity index (χ3n) is 3.66. The molecule has 1 aromatic carbocycles. The molecule has 1 rings (SSSR count).